The van der Waals surface area contributed by atoms with E-state index in [1.54, 1.807) is 7.11 Å². The maximum atomic E-state index is 5.11. The van der Waals surface area contributed by atoms with Crippen LogP contribution in [0.2, 0.25) is 0 Å². The van der Waals surface area contributed by atoms with Crippen LogP contribution >= 0.6 is 0 Å². The van der Waals surface area contributed by atoms with Gasteiger partial charge in [-0.1, -0.05) is 23.8 Å². The fraction of sp³-hybridized carbons (Fsp3) is 0.500. The van der Waals surface area contributed by atoms with Crippen LogP contribution in [0, 0.1) is 0 Å². The van der Waals surface area contributed by atoms with Gasteiger partial charge >= 0.3 is 0 Å². The Kier molecular flexibility index (Phi) is 2.06. The first-order valence-corrected chi connectivity index (χ1v) is 3.20. The van der Waals surface area contributed by atoms with E-state index in [1.165, 1.54) is 5.57 Å². The molecule has 0 spiro atoms. The quantitative estimate of drug-likeness (QED) is 0.518. The minimum absolute atomic E-state index is 0.314. The normalized spacial score (nSPS) is 26.0. The fourth-order valence-corrected chi connectivity index (χ4v) is 0.883. The molecule has 0 bridgehead atoms. The highest BCUT2D eigenvalue weighted by atomic mass is 16.5. The Bertz CT molecular complexity index is 145. The third-order valence-electron chi connectivity index (χ3n) is 1.55. The first-order valence-electron chi connectivity index (χ1n) is 3.20. The summed E-state index contributed by atoms with van der Waals surface area (Å²) in [5, 5.41) is 0. The van der Waals surface area contributed by atoms with Gasteiger partial charge in [-0.25, -0.2) is 0 Å². The van der Waals surface area contributed by atoms with Crippen molar-refractivity contribution in [1.29, 1.82) is 0 Å². The van der Waals surface area contributed by atoms with Gasteiger partial charge in [0.25, 0.3) is 0 Å². The summed E-state index contributed by atoms with van der Waals surface area (Å²) < 4.78 is 5.11. The number of hydrogen-bond donors (Lipinski definition) is 0. The van der Waals surface area contributed by atoms with E-state index >= 15 is 0 Å². The zero-order valence-corrected chi connectivity index (χ0v) is 5.92. The Morgan fingerprint density at radius 3 is 2.89 bits per heavy atom. The zero-order chi connectivity index (χ0) is 6.69. The van der Waals surface area contributed by atoms with Crippen molar-refractivity contribution in [3.63, 3.8) is 0 Å². The molecular weight excluding hydrogens is 112 g/mol. The van der Waals surface area contributed by atoms with Gasteiger partial charge < -0.3 is 4.74 Å². The average molecular weight is 124 g/mol. The monoisotopic (exact) mass is 124 g/mol. The fourth-order valence-electron chi connectivity index (χ4n) is 0.883. The molecule has 50 valence electrons. The second-order valence-corrected chi connectivity index (χ2v) is 2.32. The second kappa shape index (κ2) is 2.83. The summed E-state index contributed by atoms with van der Waals surface area (Å²) in [7, 11) is 1.74. The maximum absolute atomic E-state index is 5.11. The molecule has 9 heavy (non-hydrogen) atoms. The van der Waals surface area contributed by atoms with Gasteiger partial charge in [0.05, 0.1) is 6.10 Å². The maximum Gasteiger partial charge on any atom is 0.0789 e. The lowest BCUT2D eigenvalue weighted by atomic mass is 10.1. The summed E-state index contributed by atoms with van der Waals surface area (Å²) in [6, 6.07) is 0. The van der Waals surface area contributed by atoms with Crippen molar-refractivity contribution in [2.45, 2.75) is 19.4 Å². The van der Waals surface area contributed by atoms with Gasteiger partial charge in [-0.05, 0) is 13.3 Å². The lowest BCUT2D eigenvalue weighted by Gasteiger charge is -2.11. The molecular formula is C8H12O. The van der Waals surface area contributed by atoms with E-state index in [0.29, 0.717) is 6.10 Å². The molecule has 0 heterocycles. The predicted octanol–water partition coefficient (Wildman–Crippen LogP) is 1.91. The van der Waals surface area contributed by atoms with Gasteiger partial charge in [0.15, 0.2) is 0 Å². The number of rotatable bonds is 1. The molecule has 1 heteroatoms. The molecule has 0 aromatic heterocycles. The van der Waals surface area contributed by atoms with E-state index in [1.807, 2.05) is 0 Å². The molecule has 0 aromatic carbocycles. The lowest BCUT2D eigenvalue weighted by molar-refractivity contribution is 0.142. The number of hydrogen-bond acceptors (Lipinski definition) is 1. The van der Waals surface area contributed by atoms with Crippen molar-refractivity contribution in [2.75, 3.05) is 7.11 Å². The van der Waals surface area contributed by atoms with Crippen LogP contribution in [-0.4, -0.2) is 13.2 Å². The Morgan fingerprint density at radius 1 is 1.67 bits per heavy atom. The van der Waals surface area contributed by atoms with E-state index in [-0.39, 0.29) is 0 Å². The van der Waals surface area contributed by atoms with Gasteiger partial charge in [0.2, 0.25) is 0 Å². The Labute approximate surface area is 56.0 Å². The Hall–Kier alpha value is -0.560. The highest BCUT2D eigenvalue weighted by Gasteiger charge is 2.02. The Morgan fingerprint density at radius 2 is 2.44 bits per heavy atom. The van der Waals surface area contributed by atoms with Crippen LogP contribution in [0.5, 0.6) is 0 Å². The van der Waals surface area contributed by atoms with Crippen molar-refractivity contribution in [2.24, 2.45) is 0 Å². The van der Waals surface area contributed by atoms with E-state index in [0.717, 1.165) is 6.42 Å². The Balaban J connectivity index is 2.48. The smallest absolute Gasteiger partial charge is 0.0789 e. The third kappa shape index (κ3) is 1.68. The van der Waals surface area contributed by atoms with E-state index in [9.17, 15) is 0 Å². The molecule has 0 radical (unpaired) electrons. The van der Waals surface area contributed by atoms with E-state index < -0.39 is 0 Å². The van der Waals surface area contributed by atoms with Crippen molar-refractivity contribution >= 4 is 0 Å². The molecule has 0 N–H and O–H groups in total. The van der Waals surface area contributed by atoms with Gasteiger partial charge in [0, 0.05) is 7.11 Å². The minimum atomic E-state index is 0.314. The van der Waals surface area contributed by atoms with E-state index in [2.05, 4.69) is 25.2 Å². The van der Waals surface area contributed by atoms with Gasteiger partial charge in [0.1, 0.15) is 0 Å². The van der Waals surface area contributed by atoms with E-state index in [4.69, 9.17) is 4.74 Å². The summed E-state index contributed by atoms with van der Waals surface area (Å²) in [5.41, 5.74) is 1.34. The number of allylic oxidation sites excluding steroid dienone is 2. The van der Waals surface area contributed by atoms with Crippen molar-refractivity contribution < 1.29 is 4.74 Å². The van der Waals surface area contributed by atoms with Crippen LogP contribution in [-0.2, 0) is 4.74 Å². The van der Waals surface area contributed by atoms with Gasteiger partial charge in [-0.2, -0.15) is 0 Å². The average Bonchev–Trinajstić information content (AvgIpc) is 1.90. The molecule has 1 aliphatic carbocycles. The molecule has 1 nitrogen and oxygen atoms in total. The van der Waals surface area contributed by atoms with Gasteiger partial charge in [-0.3, -0.25) is 0 Å². The second-order valence-electron chi connectivity index (χ2n) is 2.32. The summed E-state index contributed by atoms with van der Waals surface area (Å²) in [6.07, 6.45) is 7.72. The van der Waals surface area contributed by atoms with Crippen LogP contribution in [0.25, 0.3) is 0 Å². The molecule has 0 aromatic rings. The first kappa shape index (κ1) is 6.56. The van der Waals surface area contributed by atoms with Crippen LogP contribution in [0.3, 0.4) is 0 Å². The summed E-state index contributed by atoms with van der Waals surface area (Å²) in [6.45, 7) is 2.10. The predicted molar refractivity (Wildman–Crippen MR) is 38.3 cm³/mol. The topological polar surface area (TPSA) is 9.23 Å². The highest BCUT2D eigenvalue weighted by Crippen LogP contribution is 2.11. The number of ether oxygens (including phenoxy) is 1. The van der Waals surface area contributed by atoms with Crippen molar-refractivity contribution in [1.82, 2.24) is 0 Å². The summed E-state index contributed by atoms with van der Waals surface area (Å²) in [5.74, 6) is 0. The largest absolute Gasteiger partial charge is 0.377 e. The molecule has 0 saturated carbocycles. The SMILES string of the molecule is CO[C@@H]1C=CC(C)=CC1. The molecule has 1 aliphatic rings. The molecule has 0 amide bonds. The standard InChI is InChI=1S/C8H12O/c1-7-3-5-8(9-2)6-4-7/h3-5,8H,6H2,1-2H3/t8-/m1/s1. The number of methoxy groups -OCH3 is 1. The third-order valence-corrected chi connectivity index (χ3v) is 1.55. The van der Waals surface area contributed by atoms with Crippen LogP contribution in [0.4, 0.5) is 0 Å². The first-order chi connectivity index (χ1) is 4.33. The van der Waals surface area contributed by atoms with Crippen molar-refractivity contribution in [3.05, 3.63) is 23.8 Å². The van der Waals surface area contributed by atoms with Crippen LogP contribution in [0.1, 0.15) is 13.3 Å². The zero-order valence-electron chi connectivity index (χ0n) is 5.92. The molecule has 0 fully saturated rings. The van der Waals surface area contributed by atoms with Crippen molar-refractivity contribution in [3.8, 4) is 0 Å². The summed E-state index contributed by atoms with van der Waals surface area (Å²) >= 11 is 0. The van der Waals surface area contributed by atoms with Crippen LogP contribution < -0.4 is 0 Å². The highest BCUT2D eigenvalue weighted by molar-refractivity contribution is 5.21. The van der Waals surface area contributed by atoms with Gasteiger partial charge in [-0.15, -0.1) is 0 Å². The molecule has 1 atom stereocenters. The molecule has 0 aliphatic heterocycles. The minimum Gasteiger partial charge on any atom is -0.377 e. The molecule has 0 saturated heterocycles. The van der Waals surface area contributed by atoms with Crippen LogP contribution in [0.15, 0.2) is 23.8 Å². The molecule has 1 rings (SSSR count). The lowest BCUT2D eigenvalue weighted by Crippen LogP contribution is -2.07. The summed E-state index contributed by atoms with van der Waals surface area (Å²) in [4.78, 5) is 0. The molecule has 0 unspecified atom stereocenters.